The van der Waals surface area contributed by atoms with Crippen LogP contribution in [0.4, 0.5) is 0 Å². The number of rotatable bonds is 24. The Morgan fingerprint density at radius 2 is 1.05 bits per heavy atom. The average Bonchev–Trinajstić information content (AvgIpc) is 0.666. The van der Waals surface area contributed by atoms with Crippen LogP contribution in [0.1, 0.15) is 86.7 Å². The van der Waals surface area contributed by atoms with Crippen molar-refractivity contribution < 1.29 is 176 Å². The first-order valence-corrected chi connectivity index (χ1v) is 35.6. The summed E-state index contributed by atoms with van der Waals surface area (Å²) in [6.07, 6.45) is -53.5. The monoisotopic (exact) mass is 1560 g/mol. The first-order valence-electron chi connectivity index (χ1n) is 35.6. The van der Waals surface area contributed by atoms with E-state index < -0.39 is 287 Å². The van der Waals surface area contributed by atoms with Gasteiger partial charge in [0.2, 0.25) is 0 Å². The Morgan fingerprint density at radius 3 is 1.53 bits per heavy atom. The van der Waals surface area contributed by atoms with Gasteiger partial charge in [-0.1, -0.05) is 80.6 Å². The molecular formula is C73H93NO36. The maximum Gasteiger partial charge on any atom is 0.338 e. The smallest absolute Gasteiger partial charge is 0.338 e. The maximum absolute atomic E-state index is 16.7. The molecule has 5 saturated heterocycles. The van der Waals surface area contributed by atoms with Crippen LogP contribution in [0.5, 0.6) is 0 Å². The SMILES string of the molecule is CC(=O)O[C@H]1C(=O)[C@]2(C)[C@@H](OC(=O)CO[C@H]3O[C@H](CO)[C@@H](O)[C@H](O[C@H]4O[C@H](CO)[C@@H](O)[C@H](O[C@H]5O[C@H](CO)[C@@H](O)[C@H](O[C@H]6O[C@H](CO)[C@@H](O)[C@H](O)[C@H]6O)[C@H]5O)[C@H]4O)[C@H]3O)C[C@H]3OC[C@@]3(OC(C)=O)[C@H]2[C@H](OC(=O)c2ccccc2)[C@]2(O)C[C@H](OC(=O)[C@H](O)[C@@H](NC(=O)c3ccccc3)c3ccccc3)C(C)=C1C2(C)C. The first kappa shape index (κ1) is 83.9. The van der Waals surface area contributed by atoms with E-state index in [2.05, 4.69) is 5.32 Å². The molecule has 0 aromatic heterocycles. The van der Waals surface area contributed by atoms with Crippen molar-refractivity contribution in [3.63, 3.8) is 0 Å². The summed E-state index contributed by atoms with van der Waals surface area (Å²) in [6.45, 7) is 1.49. The zero-order valence-electron chi connectivity index (χ0n) is 60.3. The molecule has 3 aliphatic carbocycles. The fourth-order valence-electron chi connectivity index (χ4n) is 16.3. The Kier molecular flexibility index (Phi) is 25.9. The van der Waals surface area contributed by atoms with Crippen LogP contribution in [-0.2, 0) is 90.3 Å². The number of aliphatic hydroxyl groups is 15. The number of ketones is 1. The second kappa shape index (κ2) is 33.9. The molecule has 5 heterocycles. The van der Waals surface area contributed by atoms with E-state index in [9.17, 15) is 105 Å². The van der Waals surface area contributed by atoms with Crippen molar-refractivity contribution in [3.05, 3.63) is 119 Å². The first-order chi connectivity index (χ1) is 52.1. The third kappa shape index (κ3) is 15.8. The van der Waals surface area contributed by atoms with Gasteiger partial charge in [-0.3, -0.25) is 19.2 Å². The molecule has 2 saturated carbocycles. The Balaban J connectivity index is 0.887. The summed E-state index contributed by atoms with van der Waals surface area (Å²) in [5.41, 5.74) is -9.30. The molecule has 1 amide bonds. The summed E-state index contributed by atoms with van der Waals surface area (Å²) in [4.78, 5) is 102. The minimum Gasteiger partial charge on any atom is -0.459 e. The summed E-state index contributed by atoms with van der Waals surface area (Å²) in [5.74, 6) is -9.80. The van der Waals surface area contributed by atoms with Gasteiger partial charge < -0.3 is 148 Å². The fourth-order valence-corrected chi connectivity index (χ4v) is 16.3. The van der Waals surface area contributed by atoms with Crippen LogP contribution in [0.3, 0.4) is 0 Å². The van der Waals surface area contributed by atoms with Crippen molar-refractivity contribution in [2.75, 3.05) is 39.6 Å². The van der Waals surface area contributed by atoms with Crippen LogP contribution in [0.15, 0.2) is 102 Å². The molecule has 0 unspecified atom stereocenters. The van der Waals surface area contributed by atoms with Crippen LogP contribution in [-0.4, -0.2) is 328 Å². The zero-order valence-corrected chi connectivity index (χ0v) is 60.3. The van der Waals surface area contributed by atoms with Crippen molar-refractivity contribution in [1.29, 1.82) is 0 Å². The fraction of sp³-hybridized carbons (Fsp3) is 0.630. The van der Waals surface area contributed by atoms with Crippen LogP contribution in [0.25, 0.3) is 0 Å². The van der Waals surface area contributed by atoms with E-state index in [0.717, 1.165) is 13.8 Å². The quantitative estimate of drug-likeness (QED) is 0.0226. The molecule has 7 fully saturated rings. The molecule has 3 aromatic carbocycles. The van der Waals surface area contributed by atoms with E-state index in [1.807, 2.05) is 0 Å². The number of esters is 5. The van der Waals surface area contributed by atoms with Crippen LogP contribution in [0.2, 0.25) is 0 Å². The summed E-state index contributed by atoms with van der Waals surface area (Å²) in [5, 5.41) is 171. The topological polar surface area (TPSA) is 564 Å². The molecule has 2 bridgehead atoms. The number of aliphatic hydroxyl groups excluding tert-OH is 14. The van der Waals surface area contributed by atoms with Gasteiger partial charge in [0, 0.05) is 37.7 Å². The highest BCUT2D eigenvalue weighted by Gasteiger charge is 2.79. The average molecular weight is 1560 g/mol. The second-order valence-electron chi connectivity index (χ2n) is 29.2. The minimum atomic E-state index is -2.72. The molecule has 3 aromatic rings. The van der Waals surface area contributed by atoms with E-state index in [-0.39, 0.29) is 27.8 Å². The van der Waals surface area contributed by atoms with Gasteiger partial charge in [0.15, 0.2) is 48.8 Å². The lowest BCUT2D eigenvalue weighted by Crippen LogP contribution is -2.82. The van der Waals surface area contributed by atoms with Crippen LogP contribution >= 0.6 is 0 Å². The zero-order chi connectivity index (χ0) is 80.0. The molecule has 8 aliphatic rings. The highest BCUT2D eigenvalue weighted by molar-refractivity contribution is 5.96. The molecule has 606 valence electrons. The van der Waals surface area contributed by atoms with Gasteiger partial charge in [0.05, 0.1) is 56.0 Å². The molecule has 110 heavy (non-hydrogen) atoms. The largest absolute Gasteiger partial charge is 0.459 e. The predicted molar refractivity (Wildman–Crippen MR) is 359 cm³/mol. The van der Waals surface area contributed by atoms with Crippen molar-refractivity contribution in [2.24, 2.45) is 16.7 Å². The highest BCUT2D eigenvalue weighted by Crippen LogP contribution is 2.65. The number of hydrogen-bond acceptors (Lipinski definition) is 36. The number of carbonyl (C=O) groups excluding carboxylic acids is 7. The third-order valence-electron chi connectivity index (χ3n) is 22.3. The Morgan fingerprint density at radius 1 is 0.573 bits per heavy atom. The van der Waals surface area contributed by atoms with Gasteiger partial charge in [-0.05, 0) is 54.8 Å². The minimum absolute atomic E-state index is 0.0359. The van der Waals surface area contributed by atoms with Gasteiger partial charge in [-0.25, -0.2) is 14.4 Å². The van der Waals surface area contributed by atoms with E-state index in [4.69, 9.17) is 66.3 Å². The number of benzene rings is 3. The predicted octanol–water partition coefficient (Wildman–Crippen LogP) is -5.42. The third-order valence-corrected chi connectivity index (χ3v) is 22.3. The van der Waals surface area contributed by atoms with Gasteiger partial charge in [0.1, 0.15) is 134 Å². The Labute approximate surface area is 627 Å². The van der Waals surface area contributed by atoms with Crippen molar-refractivity contribution in [1.82, 2.24) is 5.32 Å². The lowest BCUT2D eigenvalue weighted by atomic mass is 9.44. The Hall–Kier alpha value is -7.07. The molecule has 0 radical (unpaired) electrons. The summed E-state index contributed by atoms with van der Waals surface area (Å²) in [7, 11) is 0. The normalized spacial score (nSPS) is 40.0. The second-order valence-corrected chi connectivity index (χ2v) is 29.2. The summed E-state index contributed by atoms with van der Waals surface area (Å²) < 4.78 is 82.9. The van der Waals surface area contributed by atoms with Crippen LogP contribution < -0.4 is 5.32 Å². The van der Waals surface area contributed by atoms with Gasteiger partial charge in [-0.15, -0.1) is 0 Å². The van der Waals surface area contributed by atoms with E-state index in [1.54, 1.807) is 42.5 Å². The van der Waals surface area contributed by atoms with Crippen molar-refractivity contribution in [3.8, 4) is 0 Å². The van der Waals surface area contributed by atoms with E-state index in [1.165, 1.54) is 76.2 Å². The molecule has 11 rings (SSSR count). The molecular weight excluding hydrogens is 1470 g/mol. The van der Waals surface area contributed by atoms with Gasteiger partial charge in [0.25, 0.3) is 5.91 Å². The molecule has 0 spiro atoms. The van der Waals surface area contributed by atoms with Gasteiger partial charge >= 0.3 is 29.8 Å². The maximum atomic E-state index is 16.7. The van der Waals surface area contributed by atoms with Gasteiger partial charge in [-0.2, -0.15) is 0 Å². The summed E-state index contributed by atoms with van der Waals surface area (Å²) >= 11 is 0. The Bertz CT molecular complexity index is 3780. The lowest BCUT2D eigenvalue weighted by Gasteiger charge is -2.67. The highest BCUT2D eigenvalue weighted by atomic mass is 16.8. The lowest BCUT2D eigenvalue weighted by molar-refractivity contribution is -0.390. The summed E-state index contributed by atoms with van der Waals surface area (Å²) in [6, 6.07) is 21.6. The number of ether oxygens (including phenoxy) is 14. The number of Topliss-reactive ketones (excluding diaryl/α,β-unsaturated/α-hetero) is 1. The molecule has 37 heteroatoms. The van der Waals surface area contributed by atoms with E-state index >= 15 is 4.79 Å². The number of carbonyl (C=O) groups is 7. The van der Waals surface area contributed by atoms with Crippen molar-refractivity contribution >= 4 is 41.5 Å². The van der Waals surface area contributed by atoms with E-state index in [0.29, 0.717) is 0 Å². The molecule has 16 N–H and O–H groups in total. The molecule has 31 atom stereocenters. The number of fused-ring (bicyclic) bond motifs is 5. The molecule has 5 aliphatic heterocycles. The van der Waals surface area contributed by atoms with Crippen molar-refractivity contribution in [2.45, 2.75) is 231 Å². The molecule has 37 nitrogen and oxygen atoms in total. The number of nitrogens with one attached hydrogen (secondary N) is 1. The van der Waals surface area contributed by atoms with Crippen LogP contribution in [0, 0.1) is 16.7 Å². The standard InChI is InChI=1S/C73H93NO36/c1-30-36(100-65(95)50(86)45(33-16-10-7-11-17-33)74-63(93)34-18-12-8-13-19-34)23-73(96)62(109-64(94)35-20-14-9-15-21-35)60-71(6,61(92)56(99-31(2)79)44(30)70(73,4)5)41(22-42-72(60,29-98-42)110-32(3)80)105-43(81)28-97-66-53(89)57(47(83)38(25-76)101-66)107-68-55(91)59(49(85)40(27-78)103-68)108-69-54(90)58(48(84)39(26-77)104-69)106-67-52(88)51(87)46(82)37(24-75)102-67/h7-21,36-42,45-60,62,66-69,75-78,82-91,96H,22-29H2,1-6H3,(H,74,93)/t36-,37+,38+,39+,40+,41-,42+,45-,46+,47+,48+,49+,50+,51-,52+,53+,54+,55+,56+,57-,58-,59-,60-,62-,66-,67+,68+,69+,71+,72-,73+/m0/s1. The number of amides is 1. The number of hydrogen-bond donors (Lipinski definition) is 16.